The summed E-state index contributed by atoms with van der Waals surface area (Å²) in [4.78, 5) is 14.3. The van der Waals surface area contributed by atoms with Crippen molar-refractivity contribution in [2.75, 3.05) is 20.6 Å². The standard InChI is InChI=1S/C14H21NO/c1-4-8-13(11-15(2)3)14(16)12-9-6-5-7-10-12/h5-7,9-10,13H,4,8,11H2,1-3H3. The average Bonchev–Trinajstić information content (AvgIpc) is 2.28. The van der Waals surface area contributed by atoms with E-state index in [0.29, 0.717) is 0 Å². The zero-order chi connectivity index (χ0) is 12.0. The lowest BCUT2D eigenvalue weighted by atomic mass is 9.93. The monoisotopic (exact) mass is 219 g/mol. The van der Waals surface area contributed by atoms with Crippen LogP contribution in [0.1, 0.15) is 30.1 Å². The molecule has 0 bridgehead atoms. The van der Waals surface area contributed by atoms with E-state index in [1.54, 1.807) is 0 Å². The number of rotatable bonds is 6. The molecule has 0 saturated carbocycles. The molecule has 0 fully saturated rings. The molecule has 0 saturated heterocycles. The summed E-state index contributed by atoms with van der Waals surface area (Å²) >= 11 is 0. The number of hydrogen-bond acceptors (Lipinski definition) is 2. The van der Waals surface area contributed by atoms with Gasteiger partial charge in [0.2, 0.25) is 0 Å². The smallest absolute Gasteiger partial charge is 0.167 e. The van der Waals surface area contributed by atoms with Crippen molar-refractivity contribution >= 4 is 5.78 Å². The van der Waals surface area contributed by atoms with Gasteiger partial charge in [-0.05, 0) is 20.5 Å². The Morgan fingerprint density at radius 1 is 1.25 bits per heavy atom. The largest absolute Gasteiger partial charge is 0.309 e. The van der Waals surface area contributed by atoms with Crippen LogP contribution in [0.3, 0.4) is 0 Å². The maximum absolute atomic E-state index is 12.2. The minimum Gasteiger partial charge on any atom is -0.309 e. The third-order valence-electron chi connectivity index (χ3n) is 2.65. The van der Waals surface area contributed by atoms with Crippen LogP contribution < -0.4 is 0 Å². The van der Waals surface area contributed by atoms with Crippen LogP contribution in [0.25, 0.3) is 0 Å². The highest BCUT2D eigenvalue weighted by molar-refractivity contribution is 5.97. The van der Waals surface area contributed by atoms with Crippen LogP contribution in [-0.4, -0.2) is 31.3 Å². The molecule has 0 amide bonds. The number of carbonyl (C=O) groups excluding carboxylic acids is 1. The highest BCUT2D eigenvalue weighted by Gasteiger charge is 2.19. The molecule has 0 heterocycles. The molecule has 1 aromatic carbocycles. The van der Waals surface area contributed by atoms with Gasteiger partial charge in [0.15, 0.2) is 5.78 Å². The lowest BCUT2D eigenvalue weighted by Crippen LogP contribution is -2.27. The van der Waals surface area contributed by atoms with Crippen LogP contribution in [0.15, 0.2) is 30.3 Å². The Morgan fingerprint density at radius 2 is 1.88 bits per heavy atom. The number of carbonyl (C=O) groups is 1. The number of hydrogen-bond donors (Lipinski definition) is 0. The highest BCUT2D eigenvalue weighted by atomic mass is 16.1. The number of benzene rings is 1. The fourth-order valence-electron chi connectivity index (χ4n) is 1.93. The molecule has 0 aliphatic rings. The predicted octanol–water partition coefficient (Wildman–Crippen LogP) is 2.85. The van der Waals surface area contributed by atoms with Gasteiger partial charge in [-0.1, -0.05) is 43.7 Å². The third kappa shape index (κ3) is 3.78. The van der Waals surface area contributed by atoms with E-state index in [2.05, 4.69) is 11.8 Å². The first kappa shape index (κ1) is 12.9. The second-order valence-electron chi connectivity index (χ2n) is 4.48. The topological polar surface area (TPSA) is 20.3 Å². The van der Waals surface area contributed by atoms with Gasteiger partial charge >= 0.3 is 0 Å². The Balaban J connectivity index is 2.74. The lowest BCUT2D eigenvalue weighted by Gasteiger charge is -2.19. The molecular weight excluding hydrogens is 198 g/mol. The van der Waals surface area contributed by atoms with Crippen molar-refractivity contribution < 1.29 is 4.79 Å². The molecule has 0 aromatic heterocycles. The van der Waals surface area contributed by atoms with Crippen molar-refractivity contribution in [1.82, 2.24) is 4.90 Å². The maximum atomic E-state index is 12.2. The van der Waals surface area contributed by atoms with E-state index < -0.39 is 0 Å². The van der Waals surface area contributed by atoms with Gasteiger partial charge in [0.25, 0.3) is 0 Å². The van der Waals surface area contributed by atoms with Crippen molar-refractivity contribution in [2.24, 2.45) is 5.92 Å². The van der Waals surface area contributed by atoms with Gasteiger partial charge < -0.3 is 4.90 Å². The maximum Gasteiger partial charge on any atom is 0.167 e. The van der Waals surface area contributed by atoms with Crippen LogP contribution in [0.4, 0.5) is 0 Å². The molecule has 0 radical (unpaired) electrons. The number of Topliss-reactive ketones (excluding diaryl/α,β-unsaturated/α-hetero) is 1. The van der Waals surface area contributed by atoms with Crippen LogP contribution in [0.5, 0.6) is 0 Å². The molecule has 0 aliphatic heterocycles. The summed E-state index contributed by atoms with van der Waals surface area (Å²) in [5.74, 6) is 0.401. The first-order valence-electron chi connectivity index (χ1n) is 5.89. The van der Waals surface area contributed by atoms with Crippen LogP contribution in [0, 0.1) is 5.92 Å². The normalized spacial score (nSPS) is 12.8. The van der Waals surface area contributed by atoms with E-state index in [0.717, 1.165) is 24.9 Å². The molecule has 0 spiro atoms. The first-order chi connectivity index (χ1) is 7.65. The Bertz CT molecular complexity index is 319. The SMILES string of the molecule is CCCC(CN(C)C)C(=O)c1ccccc1. The summed E-state index contributed by atoms with van der Waals surface area (Å²) in [6.07, 6.45) is 2.02. The van der Waals surface area contributed by atoms with E-state index in [9.17, 15) is 4.79 Å². The van der Waals surface area contributed by atoms with Gasteiger partial charge in [0, 0.05) is 18.0 Å². The van der Waals surface area contributed by atoms with Crippen LogP contribution in [-0.2, 0) is 0 Å². The molecule has 2 heteroatoms. The highest BCUT2D eigenvalue weighted by Crippen LogP contribution is 2.15. The summed E-state index contributed by atoms with van der Waals surface area (Å²) in [7, 11) is 4.03. The molecule has 0 aliphatic carbocycles. The number of ketones is 1. The zero-order valence-corrected chi connectivity index (χ0v) is 10.4. The van der Waals surface area contributed by atoms with Crippen molar-refractivity contribution in [3.05, 3.63) is 35.9 Å². The fourth-order valence-corrected chi connectivity index (χ4v) is 1.93. The summed E-state index contributed by atoms with van der Waals surface area (Å²) in [6.45, 7) is 2.96. The predicted molar refractivity (Wildman–Crippen MR) is 67.7 cm³/mol. The molecule has 2 nitrogen and oxygen atoms in total. The van der Waals surface area contributed by atoms with Gasteiger partial charge in [-0.3, -0.25) is 4.79 Å². The molecule has 16 heavy (non-hydrogen) atoms. The second-order valence-corrected chi connectivity index (χ2v) is 4.48. The Kier molecular flexibility index (Phi) is 5.20. The van der Waals surface area contributed by atoms with Gasteiger partial charge in [0.1, 0.15) is 0 Å². The van der Waals surface area contributed by atoms with E-state index >= 15 is 0 Å². The van der Waals surface area contributed by atoms with Gasteiger partial charge in [-0.15, -0.1) is 0 Å². The van der Waals surface area contributed by atoms with Crippen molar-refractivity contribution in [2.45, 2.75) is 19.8 Å². The lowest BCUT2D eigenvalue weighted by molar-refractivity contribution is 0.0889. The minimum atomic E-state index is 0.127. The molecule has 1 atom stereocenters. The summed E-state index contributed by atoms with van der Waals surface area (Å²) in [6, 6.07) is 9.59. The molecule has 0 N–H and O–H groups in total. The minimum absolute atomic E-state index is 0.127. The quantitative estimate of drug-likeness (QED) is 0.686. The summed E-state index contributed by atoms with van der Waals surface area (Å²) in [5, 5.41) is 0. The Labute approximate surface area is 98.3 Å². The third-order valence-corrected chi connectivity index (χ3v) is 2.65. The summed E-state index contributed by atoms with van der Waals surface area (Å²) in [5.41, 5.74) is 0.836. The Hall–Kier alpha value is -1.15. The van der Waals surface area contributed by atoms with Gasteiger partial charge in [-0.2, -0.15) is 0 Å². The second kappa shape index (κ2) is 6.44. The van der Waals surface area contributed by atoms with Crippen molar-refractivity contribution in [1.29, 1.82) is 0 Å². The van der Waals surface area contributed by atoms with Gasteiger partial charge in [0.05, 0.1) is 0 Å². The van der Waals surface area contributed by atoms with E-state index in [1.165, 1.54) is 0 Å². The molecular formula is C14H21NO. The van der Waals surface area contributed by atoms with E-state index in [4.69, 9.17) is 0 Å². The fraction of sp³-hybridized carbons (Fsp3) is 0.500. The number of nitrogens with zero attached hydrogens (tertiary/aromatic N) is 1. The summed E-state index contributed by atoms with van der Waals surface area (Å²) < 4.78 is 0. The molecule has 1 rings (SSSR count). The Morgan fingerprint density at radius 3 is 2.38 bits per heavy atom. The van der Waals surface area contributed by atoms with Crippen molar-refractivity contribution in [3.63, 3.8) is 0 Å². The van der Waals surface area contributed by atoms with E-state index in [1.807, 2.05) is 44.4 Å². The van der Waals surface area contributed by atoms with Crippen LogP contribution >= 0.6 is 0 Å². The zero-order valence-electron chi connectivity index (χ0n) is 10.4. The average molecular weight is 219 g/mol. The van der Waals surface area contributed by atoms with Crippen molar-refractivity contribution in [3.8, 4) is 0 Å². The molecule has 88 valence electrons. The van der Waals surface area contributed by atoms with Crippen LogP contribution in [0.2, 0.25) is 0 Å². The molecule has 1 aromatic rings. The van der Waals surface area contributed by atoms with Gasteiger partial charge in [-0.25, -0.2) is 0 Å². The van der Waals surface area contributed by atoms with E-state index in [-0.39, 0.29) is 11.7 Å². The molecule has 1 unspecified atom stereocenters. The first-order valence-corrected chi connectivity index (χ1v) is 5.89.